The van der Waals surface area contributed by atoms with Crippen LogP contribution in [0.4, 0.5) is 5.82 Å². The summed E-state index contributed by atoms with van der Waals surface area (Å²) in [4.78, 5) is 9.01. The molecule has 0 saturated heterocycles. The molecule has 1 aromatic rings. The van der Waals surface area contributed by atoms with Crippen LogP contribution in [0, 0.1) is 0 Å². The zero-order valence-corrected chi connectivity index (χ0v) is 12.6. The average Bonchev–Trinajstić information content (AvgIpc) is 2.33. The summed E-state index contributed by atoms with van der Waals surface area (Å²) < 4.78 is 0. The summed E-state index contributed by atoms with van der Waals surface area (Å²) in [6, 6.07) is 1.91. The number of aromatic nitrogens is 2. The molecule has 4 nitrogen and oxygen atoms in total. The van der Waals surface area contributed by atoms with E-state index in [1.54, 1.807) is 11.8 Å². The zero-order chi connectivity index (χ0) is 13.6. The van der Waals surface area contributed by atoms with Crippen molar-refractivity contribution in [2.75, 3.05) is 11.2 Å². The molecule has 3 N–H and O–H groups in total. The monoisotopic (exact) mass is 268 g/mol. The van der Waals surface area contributed by atoms with Gasteiger partial charge in [0.2, 0.25) is 0 Å². The van der Waals surface area contributed by atoms with Crippen molar-refractivity contribution in [3.63, 3.8) is 0 Å². The molecule has 0 unspecified atom stereocenters. The van der Waals surface area contributed by atoms with Crippen molar-refractivity contribution < 1.29 is 0 Å². The largest absolute Gasteiger partial charge is 0.308 e. The van der Waals surface area contributed by atoms with E-state index in [4.69, 9.17) is 5.84 Å². The lowest BCUT2D eigenvalue weighted by molar-refractivity contribution is 0.539. The Kier molecular flexibility index (Phi) is 5.88. The highest BCUT2D eigenvalue weighted by molar-refractivity contribution is 7.99. The van der Waals surface area contributed by atoms with Gasteiger partial charge >= 0.3 is 0 Å². The molecule has 0 aliphatic carbocycles. The SMILES string of the molecule is CCCCCSc1cc(NN)nc(C(C)(C)C)n1. The fourth-order valence-corrected chi connectivity index (χ4v) is 2.34. The quantitative estimate of drug-likeness (QED) is 0.272. The number of nitrogens with two attached hydrogens (primary N) is 1. The maximum absolute atomic E-state index is 5.46. The molecular formula is C13H24N4S. The van der Waals surface area contributed by atoms with Gasteiger partial charge in [0.05, 0.1) is 0 Å². The predicted octanol–water partition coefficient (Wildman–Crippen LogP) is 3.34. The average molecular weight is 268 g/mol. The summed E-state index contributed by atoms with van der Waals surface area (Å²) in [6.45, 7) is 8.53. The van der Waals surface area contributed by atoms with Crippen molar-refractivity contribution in [3.8, 4) is 0 Å². The standard InChI is InChI=1S/C13H24N4S/c1-5-6-7-8-18-11-9-10(17-14)15-12(16-11)13(2,3)4/h9H,5-8,14H2,1-4H3,(H,15,16,17). The first kappa shape index (κ1) is 15.2. The molecule has 0 spiro atoms. The van der Waals surface area contributed by atoms with Crippen LogP contribution >= 0.6 is 11.8 Å². The molecule has 0 fully saturated rings. The van der Waals surface area contributed by atoms with Crippen LogP contribution in [0.25, 0.3) is 0 Å². The van der Waals surface area contributed by atoms with Gasteiger partial charge in [-0.3, -0.25) is 0 Å². The number of anilines is 1. The van der Waals surface area contributed by atoms with E-state index in [1.165, 1.54) is 19.3 Å². The van der Waals surface area contributed by atoms with Crippen LogP contribution in [0.5, 0.6) is 0 Å². The molecule has 0 aliphatic heterocycles. The molecule has 5 heteroatoms. The van der Waals surface area contributed by atoms with E-state index in [0.717, 1.165) is 16.6 Å². The Morgan fingerprint density at radius 1 is 1.28 bits per heavy atom. The van der Waals surface area contributed by atoms with Gasteiger partial charge in [0.1, 0.15) is 16.7 Å². The van der Waals surface area contributed by atoms with E-state index in [-0.39, 0.29) is 5.41 Å². The minimum Gasteiger partial charge on any atom is -0.308 e. The summed E-state index contributed by atoms with van der Waals surface area (Å²) in [5.74, 6) is 8.07. The Morgan fingerprint density at radius 2 is 2.00 bits per heavy atom. The van der Waals surface area contributed by atoms with Crippen molar-refractivity contribution in [3.05, 3.63) is 11.9 Å². The lowest BCUT2D eigenvalue weighted by Crippen LogP contribution is -2.19. The summed E-state index contributed by atoms with van der Waals surface area (Å²) in [5, 5.41) is 0.999. The minimum atomic E-state index is -0.0639. The predicted molar refractivity (Wildman–Crippen MR) is 78.8 cm³/mol. The highest BCUT2D eigenvalue weighted by Crippen LogP contribution is 2.25. The third-order valence-electron chi connectivity index (χ3n) is 2.52. The van der Waals surface area contributed by atoms with Gasteiger partial charge < -0.3 is 5.43 Å². The fourth-order valence-electron chi connectivity index (χ4n) is 1.44. The van der Waals surface area contributed by atoms with E-state index >= 15 is 0 Å². The first-order valence-corrected chi connectivity index (χ1v) is 7.45. The molecule has 1 rings (SSSR count). The molecule has 1 aromatic heterocycles. The van der Waals surface area contributed by atoms with Gasteiger partial charge in [-0.05, 0) is 12.2 Å². The molecule has 0 amide bonds. The van der Waals surface area contributed by atoms with Crippen LogP contribution in [0.15, 0.2) is 11.1 Å². The second-order valence-electron chi connectivity index (χ2n) is 5.36. The fraction of sp³-hybridized carbons (Fsp3) is 0.692. The van der Waals surface area contributed by atoms with Crippen molar-refractivity contribution >= 4 is 17.6 Å². The normalized spacial score (nSPS) is 11.6. The van der Waals surface area contributed by atoms with Crippen LogP contribution in [0.3, 0.4) is 0 Å². The number of thioether (sulfide) groups is 1. The molecule has 18 heavy (non-hydrogen) atoms. The maximum atomic E-state index is 5.46. The molecular weight excluding hydrogens is 244 g/mol. The van der Waals surface area contributed by atoms with Gasteiger partial charge in [0.25, 0.3) is 0 Å². The molecule has 0 bridgehead atoms. The first-order valence-electron chi connectivity index (χ1n) is 6.46. The van der Waals surface area contributed by atoms with Crippen LogP contribution < -0.4 is 11.3 Å². The van der Waals surface area contributed by atoms with Crippen molar-refractivity contribution in [1.82, 2.24) is 9.97 Å². The van der Waals surface area contributed by atoms with Crippen molar-refractivity contribution in [2.45, 2.75) is 57.4 Å². The van der Waals surface area contributed by atoms with Crippen LogP contribution in [-0.2, 0) is 5.41 Å². The first-order chi connectivity index (χ1) is 8.47. The van der Waals surface area contributed by atoms with Gasteiger partial charge in [-0.2, -0.15) is 0 Å². The Morgan fingerprint density at radius 3 is 2.56 bits per heavy atom. The van der Waals surface area contributed by atoms with Crippen molar-refractivity contribution in [1.29, 1.82) is 0 Å². The molecule has 0 aliphatic rings. The lowest BCUT2D eigenvalue weighted by Gasteiger charge is -2.18. The van der Waals surface area contributed by atoms with Gasteiger partial charge in [-0.25, -0.2) is 15.8 Å². The van der Waals surface area contributed by atoms with Gasteiger partial charge in [0.15, 0.2) is 0 Å². The molecule has 0 saturated carbocycles. The van der Waals surface area contributed by atoms with E-state index in [2.05, 4.69) is 43.1 Å². The second kappa shape index (κ2) is 6.95. The topological polar surface area (TPSA) is 63.8 Å². The summed E-state index contributed by atoms with van der Waals surface area (Å²) in [6.07, 6.45) is 3.74. The molecule has 102 valence electrons. The van der Waals surface area contributed by atoms with Gasteiger partial charge in [-0.1, -0.05) is 40.5 Å². The summed E-state index contributed by atoms with van der Waals surface area (Å²) >= 11 is 1.77. The van der Waals surface area contributed by atoms with Crippen LogP contribution in [0.1, 0.15) is 52.8 Å². The molecule has 0 aromatic carbocycles. The lowest BCUT2D eigenvalue weighted by atomic mass is 9.96. The number of hydrazine groups is 1. The Balaban J connectivity index is 2.78. The molecule has 0 radical (unpaired) electrons. The number of nitrogens with zero attached hydrogens (tertiary/aromatic N) is 2. The van der Waals surface area contributed by atoms with Gasteiger partial charge in [0, 0.05) is 11.5 Å². The Bertz CT molecular complexity index is 374. The number of nitrogen functional groups attached to an aromatic ring is 1. The summed E-state index contributed by atoms with van der Waals surface area (Å²) in [7, 11) is 0. The smallest absolute Gasteiger partial charge is 0.144 e. The number of hydrogen-bond acceptors (Lipinski definition) is 5. The zero-order valence-electron chi connectivity index (χ0n) is 11.8. The Labute approximate surface area is 114 Å². The number of nitrogens with one attached hydrogen (secondary N) is 1. The number of rotatable bonds is 6. The third kappa shape index (κ3) is 4.82. The van der Waals surface area contributed by atoms with Crippen LogP contribution in [0.2, 0.25) is 0 Å². The van der Waals surface area contributed by atoms with Crippen molar-refractivity contribution in [2.24, 2.45) is 5.84 Å². The van der Waals surface area contributed by atoms with E-state index in [1.807, 2.05) is 6.07 Å². The highest BCUT2D eigenvalue weighted by atomic mass is 32.2. The molecule has 0 atom stereocenters. The second-order valence-corrected chi connectivity index (χ2v) is 6.48. The Hall–Kier alpha value is -0.810. The van der Waals surface area contributed by atoms with E-state index < -0.39 is 0 Å². The summed E-state index contributed by atoms with van der Waals surface area (Å²) in [5.41, 5.74) is 2.55. The van der Waals surface area contributed by atoms with E-state index in [0.29, 0.717) is 5.82 Å². The highest BCUT2D eigenvalue weighted by Gasteiger charge is 2.19. The number of hydrogen-bond donors (Lipinski definition) is 2. The number of unbranched alkanes of at least 4 members (excludes halogenated alkanes) is 2. The minimum absolute atomic E-state index is 0.0639. The maximum Gasteiger partial charge on any atom is 0.144 e. The molecule has 1 heterocycles. The van der Waals surface area contributed by atoms with Crippen LogP contribution in [-0.4, -0.2) is 15.7 Å². The van der Waals surface area contributed by atoms with Gasteiger partial charge in [-0.15, -0.1) is 11.8 Å². The van der Waals surface area contributed by atoms with E-state index in [9.17, 15) is 0 Å². The third-order valence-corrected chi connectivity index (χ3v) is 3.52.